The number of hydrogen-bond donors (Lipinski definition) is 0. The van der Waals surface area contributed by atoms with Gasteiger partial charge in [-0.05, 0) is 0 Å². The number of methoxy groups -OCH3 is 2. The Morgan fingerprint density at radius 2 is 1.37 bits per heavy atom. The minimum atomic E-state index is -2.33. The van der Waals surface area contributed by atoms with Gasteiger partial charge < -0.3 is 0 Å². The zero-order valence-electron chi connectivity index (χ0n) is 22.7. The molecule has 1 aromatic carbocycles. The molecule has 0 radical (unpaired) electrons. The van der Waals surface area contributed by atoms with Crippen molar-refractivity contribution in [2.75, 3.05) is 14.2 Å². The van der Waals surface area contributed by atoms with E-state index >= 15 is 0 Å². The van der Waals surface area contributed by atoms with Crippen LogP contribution < -0.4 is 0 Å². The Hall–Kier alpha value is -1.74. The quantitative estimate of drug-likeness (QED) is 0.0657. The fourth-order valence-electron chi connectivity index (χ4n) is 4.63. The van der Waals surface area contributed by atoms with Gasteiger partial charge in [0.25, 0.3) is 0 Å². The summed E-state index contributed by atoms with van der Waals surface area (Å²) in [5, 5.41) is 0. The molecule has 0 saturated heterocycles. The van der Waals surface area contributed by atoms with E-state index in [1.54, 1.807) is 0 Å². The molecular formula is C30H46O4Sn. The van der Waals surface area contributed by atoms with Crippen LogP contribution in [-0.2, 0) is 19.1 Å². The Kier molecular flexibility index (Phi) is 15.8. The average molecular weight is 589 g/mol. The fourth-order valence-corrected chi connectivity index (χ4v) is 19.9. The molecule has 0 fully saturated rings. The van der Waals surface area contributed by atoms with E-state index in [9.17, 15) is 9.59 Å². The SMILES string of the molecule is CCC[CH2][Sn]([CH2]/C=C/CC(CC#Cc1ccccc1)(C(=O)OC)C(=O)OC)([CH2]CCC)[CH2]CCC. The molecule has 0 saturated carbocycles. The van der Waals surface area contributed by atoms with E-state index in [4.69, 9.17) is 9.47 Å². The van der Waals surface area contributed by atoms with Crippen LogP contribution in [0.4, 0.5) is 0 Å². The molecule has 0 unspecified atom stereocenters. The van der Waals surface area contributed by atoms with Crippen LogP contribution >= 0.6 is 0 Å². The van der Waals surface area contributed by atoms with Gasteiger partial charge in [-0.1, -0.05) is 0 Å². The van der Waals surface area contributed by atoms with Crippen LogP contribution in [0.25, 0.3) is 0 Å². The third kappa shape index (κ3) is 10.4. The van der Waals surface area contributed by atoms with Gasteiger partial charge in [0.2, 0.25) is 0 Å². The number of carbonyl (C=O) groups excluding carboxylic acids is 2. The van der Waals surface area contributed by atoms with E-state index in [-0.39, 0.29) is 12.8 Å². The Balaban J connectivity index is 3.15. The molecule has 0 heterocycles. The number of benzene rings is 1. The second-order valence-corrected chi connectivity index (χ2v) is 23.6. The zero-order chi connectivity index (χ0) is 26.0. The summed E-state index contributed by atoms with van der Waals surface area (Å²) < 4.78 is 15.6. The van der Waals surface area contributed by atoms with Gasteiger partial charge in [-0.2, -0.15) is 0 Å². The van der Waals surface area contributed by atoms with Crippen LogP contribution in [0.5, 0.6) is 0 Å². The summed E-state index contributed by atoms with van der Waals surface area (Å²) >= 11 is -2.33. The van der Waals surface area contributed by atoms with Crippen molar-refractivity contribution in [1.82, 2.24) is 0 Å². The number of carbonyl (C=O) groups is 2. The first-order valence-electron chi connectivity index (χ1n) is 13.3. The topological polar surface area (TPSA) is 52.6 Å². The summed E-state index contributed by atoms with van der Waals surface area (Å²) in [6.07, 6.45) is 12.3. The minimum absolute atomic E-state index is 0.0571. The molecule has 0 aliphatic heterocycles. The molecule has 0 N–H and O–H groups in total. The molecule has 4 nitrogen and oxygen atoms in total. The summed E-state index contributed by atoms with van der Waals surface area (Å²) in [6.45, 7) is 6.84. The van der Waals surface area contributed by atoms with E-state index in [1.807, 2.05) is 36.4 Å². The van der Waals surface area contributed by atoms with Gasteiger partial charge in [0.1, 0.15) is 0 Å². The van der Waals surface area contributed by atoms with Gasteiger partial charge >= 0.3 is 219 Å². The van der Waals surface area contributed by atoms with Crippen molar-refractivity contribution >= 4 is 30.3 Å². The molecule has 0 atom stereocenters. The molecule has 0 aliphatic rings. The van der Waals surface area contributed by atoms with Gasteiger partial charge in [-0.3, -0.25) is 0 Å². The first kappa shape index (κ1) is 31.3. The van der Waals surface area contributed by atoms with Crippen LogP contribution in [-0.4, -0.2) is 44.5 Å². The first-order valence-corrected chi connectivity index (χ1v) is 21.4. The van der Waals surface area contributed by atoms with Gasteiger partial charge in [-0.25, -0.2) is 0 Å². The number of hydrogen-bond acceptors (Lipinski definition) is 4. The van der Waals surface area contributed by atoms with E-state index in [0.717, 1.165) is 5.56 Å². The third-order valence-electron chi connectivity index (χ3n) is 6.91. The van der Waals surface area contributed by atoms with Crippen molar-refractivity contribution in [2.45, 2.75) is 89.9 Å². The fraction of sp³-hybridized carbons (Fsp3) is 0.600. The van der Waals surface area contributed by atoms with Gasteiger partial charge in [-0.15, -0.1) is 0 Å². The maximum absolute atomic E-state index is 12.9. The molecule has 0 bridgehead atoms. The van der Waals surface area contributed by atoms with Crippen molar-refractivity contribution in [3.63, 3.8) is 0 Å². The van der Waals surface area contributed by atoms with E-state index < -0.39 is 35.7 Å². The first-order chi connectivity index (χ1) is 16.9. The number of rotatable bonds is 16. The van der Waals surface area contributed by atoms with E-state index in [0.29, 0.717) is 0 Å². The molecule has 194 valence electrons. The molecular weight excluding hydrogens is 543 g/mol. The van der Waals surface area contributed by atoms with E-state index in [1.165, 1.54) is 70.5 Å². The van der Waals surface area contributed by atoms with Crippen molar-refractivity contribution in [3.05, 3.63) is 48.0 Å². The monoisotopic (exact) mass is 590 g/mol. The molecule has 1 rings (SSSR count). The number of ether oxygens (including phenoxy) is 2. The van der Waals surface area contributed by atoms with E-state index in [2.05, 4.69) is 38.7 Å². The zero-order valence-corrected chi connectivity index (χ0v) is 25.5. The number of allylic oxidation sites excluding steroid dienone is 2. The second-order valence-electron chi connectivity index (χ2n) is 9.60. The van der Waals surface area contributed by atoms with Gasteiger partial charge in [0.15, 0.2) is 0 Å². The normalized spacial score (nSPS) is 11.7. The van der Waals surface area contributed by atoms with Gasteiger partial charge in [0.05, 0.1) is 0 Å². The molecule has 0 spiro atoms. The summed E-state index contributed by atoms with van der Waals surface area (Å²) in [5.41, 5.74) is -0.607. The standard InChI is InChI=1S/C18H19O4.3C4H9.Sn/c1-4-5-13-18(16(19)21-2,17(20)22-3)14-9-12-15-10-7-6-8-11-15;3*1-3-4-2;/h4-8,10-11H,1,13-14H2,2-3H3;3*1,3-4H2,2H3;/b5-4+;;;;. The van der Waals surface area contributed by atoms with Crippen molar-refractivity contribution in [2.24, 2.45) is 5.41 Å². The average Bonchev–Trinajstić information content (AvgIpc) is 2.90. The molecule has 0 aliphatic carbocycles. The predicted octanol–water partition coefficient (Wildman–Crippen LogP) is 7.56. The molecule has 0 amide bonds. The predicted molar refractivity (Wildman–Crippen MR) is 148 cm³/mol. The van der Waals surface area contributed by atoms with Crippen molar-refractivity contribution < 1.29 is 19.1 Å². The molecule has 35 heavy (non-hydrogen) atoms. The Bertz CT molecular complexity index is 797. The Morgan fingerprint density at radius 3 is 1.83 bits per heavy atom. The van der Waals surface area contributed by atoms with Gasteiger partial charge in [0, 0.05) is 0 Å². The van der Waals surface area contributed by atoms with Crippen LogP contribution in [0.3, 0.4) is 0 Å². The number of unbranched alkanes of at least 4 members (excludes halogenated alkanes) is 3. The summed E-state index contributed by atoms with van der Waals surface area (Å²) in [5.74, 6) is 4.93. The summed E-state index contributed by atoms with van der Waals surface area (Å²) in [4.78, 5) is 25.8. The van der Waals surface area contributed by atoms with Crippen molar-refractivity contribution in [1.29, 1.82) is 0 Å². The number of esters is 2. The van der Waals surface area contributed by atoms with Crippen LogP contribution in [0.1, 0.15) is 77.7 Å². The second kappa shape index (κ2) is 17.7. The van der Waals surface area contributed by atoms with Crippen LogP contribution in [0, 0.1) is 17.3 Å². The van der Waals surface area contributed by atoms with Crippen LogP contribution in [0.15, 0.2) is 42.5 Å². The molecule has 0 aromatic heterocycles. The van der Waals surface area contributed by atoms with Crippen molar-refractivity contribution in [3.8, 4) is 11.8 Å². The molecule has 1 aromatic rings. The Labute approximate surface area is 218 Å². The van der Waals surface area contributed by atoms with Crippen LogP contribution in [0.2, 0.25) is 17.7 Å². The molecule has 5 heteroatoms. The maximum atomic E-state index is 12.9. The third-order valence-corrected chi connectivity index (χ3v) is 22.2. The Morgan fingerprint density at radius 1 is 0.857 bits per heavy atom. The summed E-state index contributed by atoms with van der Waals surface area (Å²) in [7, 11) is 2.63. The summed E-state index contributed by atoms with van der Waals surface area (Å²) in [6, 6.07) is 9.55.